The molecule has 1 amide bonds. The second kappa shape index (κ2) is 8.98. The van der Waals surface area contributed by atoms with Gasteiger partial charge < -0.3 is 14.6 Å². The SMILES string of the molecule is CCOc1ccccc1NC(=O)CCc1nc(-c2ccc(CC)cc2)no1. The molecule has 1 aromatic heterocycles. The fourth-order valence-corrected chi connectivity index (χ4v) is 2.65. The molecule has 0 saturated carbocycles. The van der Waals surface area contributed by atoms with Crippen LogP contribution in [0.5, 0.6) is 5.75 Å². The number of rotatable bonds is 8. The number of nitrogens with zero attached hydrogens (tertiary/aromatic N) is 2. The number of carbonyl (C=O) groups excluding carboxylic acids is 1. The highest BCUT2D eigenvalue weighted by atomic mass is 16.5. The summed E-state index contributed by atoms with van der Waals surface area (Å²) in [4.78, 5) is 16.6. The van der Waals surface area contributed by atoms with Gasteiger partial charge in [0, 0.05) is 18.4 Å². The predicted octanol–water partition coefficient (Wildman–Crippen LogP) is 4.27. The van der Waals surface area contributed by atoms with Crippen LogP contribution in [0.1, 0.15) is 31.7 Å². The quantitative estimate of drug-likeness (QED) is 0.645. The summed E-state index contributed by atoms with van der Waals surface area (Å²) >= 11 is 0. The number of ether oxygens (including phenoxy) is 1. The average Bonchev–Trinajstić information content (AvgIpc) is 3.17. The number of aromatic nitrogens is 2. The Balaban J connectivity index is 1.57. The largest absolute Gasteiger partial charge is 0.492 e. The van der Waals surface area contributed by atoms with Gasteiger partial charge in [-0.2, -0.15) is 4.98 Å². The molecule has 0 saturated heterocycles. The minimum atomic E-state index is -0.130. The van der Waals surface area contributed by atoms with E-state index in [-0.39, 0.29) is 12.3 Å². The highest BCUT2D eigenvalue weighted by Crippen LogP contribution is 2.24. The van der Waals surface area contributed by atoms with Crippen LogP contribution in [0.15, 0.2) is 53.1 Å². The fourth-order valence-electron chi connectivity index (χ4n) is 2.65. The third-order valence-corrected chi connectivity index (χ3v) is 4.12. The molecule has 0 aliphatic carbocycles. The van der Waals surface area contributed by atoms with Crippen LogP contribution >= 0.6 is 0 Å². The van der Waals surface area contributed by atoms with Crippen molar-refractivity contribution in [2.45, 2.75) is 33.1 Å². The normalized spacial score (nSPS) is 10.6. The van der Waals surface area contributed by atoms with E-state index in [1.54, 1.807) is 0 Å². The van der Waals surface area contributed by atoms with Gasteiger partial charge in [-0.25, -0.2) is 0 Å². The zero-order valence-electron chi connectivity index (χ0n) is 15.6. The Hall–Kier alpha value is -3.15. The predicted molar refractivity (Wildman–Crippen MR) is 104 cm³/mol. The van der Waals surface area contributed by atoms with Crippen molar-refractivity contribution >= 4 is 11.6 Å². The van der Waals surface area contributed by atoms with E-state index in [4.69, 9.17) is 9.26 Å². The van der Waals surface area contributed by atoms with Crippen molar-refractivity contribution in [1.82, 2.24) is 10.1 Å². The van der Waals surface area contributed by atoms with E-state index < -0.39 is 0 Å². The third-order valence-electron chi connectivity index (χ3n) is 4.12. The van der Waals surface area contributed by atoms with Crippen molar-refractivity contribution < 1.29 is 14.1 Å². The molecule has 2 aromatic carbocycles. The minimum Gasteiger partial charge on any atom is -0.492 e. The molecular formula is C21H23N3O3. The minimum absolute atomic E-state index is 0.130. The number of amides is 1. The monoisotopic (exact) mass is 365 g/mol. The van der Waals surface area contributed by atoms with Gasteiger partial charge in [-0.05, 0) is 31.0 Å². The number of nitrogens with one attached hydrogen (secondary N) is 1. The number of anilines is 1. The molecule has 0 bridgehead atoms. The van der Waals surface area contributed by atoms with Gasteiger partial charge in [-0.1, -0.05) is 48.5 Å². The molecule has 0 aliphatic rings. The molecule has 3 aromatic rings. The first kappa shape index (κ1) is 18.6. The molecule has 3 rings (SSSR count). The molecule has 27 heavy (non-hydrogen) atoms. The Kier molecular flexibility index (Phi) is 6.20. The van der Waals surface area contributed by atoms with E-state index in [9.17, 15) is 4.79 Å². The van der Waals surface area contributed by atoms with Crippen LogP contribution in [0.2, 0.25) is 0 Å². The molecule has 1 N–H and O–H groups in total. The lowest BCUT2D eigenvalue weighted by Crippen LogP contribution is -2.13. The maximum atomic E-state index is 12.2. The van der Waals surface area contributed by atoms with Crippen LogP contribution in [-0.4, -0.2) is 22.7 Å². The van der Waals surface area contributed by atoms with Crippen molar-refractivity contribution in [1.29, 1.82) is 0 Å². The number of benzene rings is 2. The average molecular weight is 365 g/mol. The Morgan fingerprint density at radius 1 is 1.11 bits per heavy atom. The Bertz CT molecular complexity index is 888. The number of para-hydroxylation sites is 2. The van der Waals surface area contributed by atoms with Crippen LogP contribution in [0, 0.1) is 0 Å². The highest BCUT2D eigenvalue weighted by Gasteiger charge is 2.12. The number of carbonyl (C=O) groups is 1. The van der Waals surface area contributed by atoms with Gasteiger partial charge in [0.15, 0.2) is 0 Å². The molecule has 0 aliphatic heterocycles. The first-order chi connectivity index (χ1) is 13.2. The smallest absolute Gasteiger partial charge is 0.227 e. The number of hydrogen-bond donors (Lipinski definition) is 1. The molecule has 0 unspecified atom stereocenters. The lowest BCUT2D eigenvalue weighted by Gasteiger charge is -2.10. The molecule has 0 atom stereocenters. The van der Waals surface area contributed by atoms with Crippen LogP contribution in [0.25, 0.3) is 11.4 Å². The van der Waals surface area contributed by atoms with Gasteiger partial charge >= 0.3 is 0 Å². The second-order valence-corrected chi connectivity index (χ2v) is 6.04. The zero-order valence-corrected chi connectivity index (χ0v) is 15.6. The summed E-state index contributed by atoms with van der Waals surface area (Å²) in [6.07, 6.45) is 1.61. The van der Waals surface area contributed by atoms with Crippen molar-refractivity contribution in [3.05, 3.63) is 60.0 Å². The summed E-state index contributed by atoms with van der Waals surface area (Å²) < 4.78 is 10.8. The van der Waals surface area contributed by atoms with E-state index in [1.165, 1.54) is 5.56 Å². The molecule has 0 radical (unpaired) electrons. The van der Waals surface area contributed by atoms with Gasteiger partial charge in [0.1, 0.15) is 5.75 Å². The molecule has 6 heteroatoms. The molecule has 140 valence electrons. The summed E-state index contributed by atoms with van der Waals surface area (Å²) in [6, 6.07) is 15.4. The van der Waals surface area contributed by atoms with Crippen molar-refractivity contribution in [3.8, 4) is 17.1 Å². The molecule has 1 heterocycles. The maximum absolute atomic E-state index is 12.2. The third kappa shape index (κ3) is 4.94. The summed E-state index contributed by atoms with van der Waals surface area (Å²) in [7, 11) is 0. The van der Waals surface area contributed by atoms with Crippen LogP contribution < -0.4 is 10.1 Å². The highest BCUT2D eigenvalue weighted by molar-refractivity contribution is 5.92. The van der Waals surface area contributed by atoms with Crippen molar-refractivity contribution in [3.63, 3.8) is 0 Å². The molecule has 6 nitrogen and oxygen atoms in total. The second-order valence-electron chi connectivity index (χ2n) is 6.04. The Morgan fingerprint density at radius 2 is 1.89 bits per heavy atom. The van der Waals surface area contributed by atoms with E-state index in [2.05, 4.69) is 34.5 Å². The van der Waals surface area contributed by atoms with Crippen LogP contribution in [-0.2, 0) is 17.6 Å². The van der Waals surface area contributed by atoms with Gasteiger partial charge in [-0.3, -0.25) is 4.79 Å². The van der Waals surface area contributed by atoms with Gasteiger partial charge in [0.05, 0.1) is 12.3 Å². The van der Waals surface area contributed by atoms with E-state index in [1.807, 2.05) is 43.3 Å². The topological polar surface area (TPSA) is 77.2 Å². The summed E-state index contributed by atoms with van der Waals surface area (Å²) in [5.41, 5.74) is 2.82. The Labute approximate surface area is 158 Å². The van der Waals surface area contributed by atoms with E-state index >= 15 is 0 Å². The summed E-state index contributed by atoms with van der Waals surface area (Å²) in [5, 5.41) is 6.87. The van der Waals surface area contributed by atoms with Gasteiger partial charge in [0.25, 0.3) is 0 Å². The van der Waals surface area contributed by atoms with E-state index in [0.29, 0.717) is 36.2 Å². The first-order valence-corrected chi connectivity index (χ1v) is 9.13. The molecular weight excluding hydrogens is 342 g/mol. The van der Waals surface area contributed by atoms with Crippen molar-refractivity contribution in [2.75, 3.05) is 11.9 Å². The van der Waals surface area contributed by atoms with Crippen LogP contribution in [0.3, 0.4) is 0 Å². The van der Waals surface area contributed by atoms with Crippen LogP contribution in [0.4, 0.5) is 5.69 Å². The van der Waals surface area contributed by atoms with Gasteiger partial charge in [-0.15, -0.1) is 0 Å². The molecule has 0 fully saturated rings. The van der Waals surface area contributed by atoms with Crippen molar-refractivity contribution in [2.24, 2.45) is 0 Å². The maximum Gasteiger partial charge on any atom is 0.227 e. The summed E-state index contributed by atoms with van der Waals surface area (Å²) in [6.45, 7) is 4.55. The summed E-state index contributed by atoms with van der Waals surface area (Å²) in [5.74, 6) is 1.51. The standard InChI is InChI=1S/C21H23N3O3/c1-3-15-9-11-16(12-10-15)21-23-20(27-24-21)14-13-19(25)22-17-7-5-6-8-18(17)26-4-2/h5-12H,3-4,13-14H2,1-2H3,(H,22,25). The lowest BCUT2D eigenvalue weighted by molar-refractivity contribution is -0.116. The number of aryl methyl sites for hydroxylation is 2. The fraction of sp³-hybridized carbons (Fsp3) is 0.286. The number of hydrogen-bond acceptors (Lipinski definition) is 5. The Morgan fingerprint density at radius 3 is 2.63 bits per heavy atom. The lowest BCUT2D eigenvalue weighted by atomic mass is 10.1. The van der Waals surface area contributed by atoms with Gasteiger partial charge in [0.2, 0.25) is 17.6 Å². The molecule has 0 spiro atoms. The zero-order chi connectivity index (χ0) is 19.1. The first-order valence-electron chi connectivity index (χ1n) is 9.13. The van der Waals surface area contributed by atoms with E-state index in [0.717, 1.165) is 12.0 Å².